The zero-order chi connectivity index (χ0) is 15.5. The van der Waals surface area contributed by atoms with Crippen LogP contribution in [0.15, 0.2) is 23.7 Å². The summed E-state index contributed by atoms with van der Waals surface area (Å²) >= 11 is 1.39. The van der Waals surface area contributed by atoms with Gasteiger partial charge in [-0.1, -0.05) is 18.9 Å². The van der Waals surface area contributed by atoms with E-state index in [4.69, 9.17) is 5.73 Å². The van der Waals surface area contributed by atoms with Crippen molar-refractivity contribution in [1.82, 2.24) is 4.98 Å². The second-order valence-corrected chi connectivity index (χ2v) is 6.55. The van der Waals surface area contributed by atoms with Gasteiger partial charge in [0.05, 0.1) is 0 Å². The molecule has 0 saturated heterocycles. The van der Waals surface area contributed by atoms with Gasteiger partial charge >= 0.3 is 6.03 Å². The van der Waals surface area contributed by atoms with Crippen LogP contribution in [-0.2, 0) is 0 Å². The van der Waals surface area contributed by atoms with Crippen LogP contribution in [0.5, 0.6) is 0 Å². The number of amides is 2. The van der Waals surface area contributed by atoms with Crippen molar-refractivity contribution >= 4 is 33.9 Å². The molecule has 5 nitrogen and oxygen atoms in total. The number of carbonyl (C=O) groups is 1. The van der Waals surface area contributed by atoms with Gasteiger partial charge in [0.15, 0.2) is 5.13 Å². The summed E-state index contributed by atoms with van der Waals surface area (Å²) in [5.41, 5.74) is 10.1. The number of nitrogens with zero attached hydrogens (tertiary/aromatic N) is 1. The molecule has 0 spiro atoms. The molecule has 2 amide bonds. The van der Waals surface area contributed by atoms with Crippen LogP contribution in [0.25, 0.3) is 0 Å². The molecule has 0 unspecified atom stereocenters. The molecule has 1 saturated carbocycles. The zero-order valence-corrected chi connectivity index (χ0v) is 13.4. The van der Waals surface area contributed by atoms with Crippen LogP contribution in [0.2, 0.25) is 0 Å². The highest BCUT2D eigenvalue weighted by molar-refractivity contribution is 7.13. The van der Waals surface area contributed by atoms with Crippen LogP contribution in [0.1, 0.15) is 42.7 Å². The number of aromatic nitrogens is 1. The molecule has 0 radical (unpaired) electrons. The molecule has 2 aromatic rings. The van der Waals surface area contributed by atoms with Crippen LogP contribution in [0, 0.1) is 6.92 Å². The van der Waals surface area contributed by atoms with Crippen molar-refractivity contribution in [3.05, 3.63) is 34.8 Å². The van der Waals surface area contributed by atoms with Crippen molar-refractivity contribution in [3.8, 4) is 0 Å². The van der Waals surface area contributed by atoms with E-state index in [-0.39, 0.29) is 6.03 Å². The van der Waals surface area contributed by atoms with E-state index < -0.39 is 0 Å². The quantitative estimate of drug-likeness (QED) is 0.737. The second-order valence-electron chi connectivity index (χ2n) is 5.66. The lowest BCUT2D eigenvalue weighted by atomic mass is 9.92. The Morgan fingerprint density at radius 3 is 2.77 bits per heavy atom. The summed E-state index contributed by atoms with van der Waals surface area (Å²) < 4.78 is 0. The number of carbonyl (C=O) groups excluding carboxylic acids is 1. The second kappa shape index (κ2) is 6.36. The maximum Gasteiger partial charge on any atom is 0.325 e. The largest absolute Gasteiger partial charge is 0.398 e. The molecule has 1 aliphatic rings. The van der Waals surface area contributed by atoms with E-state index >= 15 is 0 Å². The molecule has 0 bridgehead atoms. The SMILES string of the molecule is Cc1ccc(NC(=O)Nc2nccs2)c(C2CCCC2)c1N. The van der Waals surface area contributed by atoms with Crippen molar-refractivity contribution in [1.29, 1.82) is 0 Å². The van der Waals surface area contributed by atoms with E-state index in [1.165, 1.54) is 24.2 Å². The third kappa shape index (κ3) is 3.06. The zero-order valence-electron chi connectivity index (χ0n) is 12.6. The average molecular weight is 316 g/mol. The Balaban J connectivity index is 1.83. The maximum absolute atomic E-state index is 12.1. The van der Waals surface area contributed by atoms with Gasteiger partial charge in [0.1, 0.15) is 0 Å². The molecule has 0 atom stereocenters. The van der Waals surface area contributed by atoms with Gasteiger partial charge in [-0.3, -0.25) is 5.32 Å². The van der Waals surface area contributed by atoms with Crippen molar-refractivity contribution in [2.45, 2.75) is 38.5 Å². The molecule has 22 heavy (non-hydrogen) atoms. The fourth-order valence-electron chi connectivity index (χ4n) is 3.04. The summed E-state index contributed by atoms with van der Waals surface area (Å²) in [5.74, 6) is 0.440. The smallest absolute Gasteiger partial charge is 0.325 e. The number of rotatable bonds is 3. The number of nitrogen functional groups attached to an aromatic ring is 1. The number of hydrogen-bond donors (Lipinski definition) is 3. The number of benzene rings is 1. The maximum atomic E-state index is 12.1. The molecule has 1 aliphatic carbocycles. The average Bonchev–Trinajstić information content (AvgIpc) is 3.16. The van der Waals surface area contributed by atoms with E-state index in [2.05, 4.69) is 15.6 Å². The van der Waals surface area contributed by atoms with E-state index in [0.717, 1.165) is 35.3 Å². The molecule has 3 rings (SSSR count). The first kappa shape index (κ1) is 14.8. The lowest BCUT2D eigenvalue weighted by Crippen LogP contribution is -2.21. The molecule has 1 heterocycles. The lowest BCUT2D eigenvalue weighted by Gasteiger charge is -2.20. The highest BCUT2D eigenvalue weighted by Crippen LogP contribution is 2.41. The van der Waals surface area contributed by atoms with E-state index in [1.807, 2.05) is 24.4 Å². The van der Waals surface area contributed by atoms with Gasteiger partial charge in [0.25, 0.3) is 0 Å². The minimum atomic E-state index is -0.280. The molecular formula is C16H20N4OS. The van der Waals surface area contributed by atoms with E-state index in [9.17, 15) is 4.79 Å². The van der Waals surface area contributed by atoms with Gasteiger partial charge in [-0.05, 0) is 37.3 Å². The van der Waals surface area contributed by atoms with Crippen LogP contribution >= 0.6 is 11.3 Å². The molecule has 1 fully saturated rings. The Kier molecular flexibility index (Phi) is 4.29. The molecule has 116 valence electrons. The summed E-state index contributed by atoms with van der Waals surface area (Å²) in [6, 6.07) is 3.62. The summed E-state index contributed by atoms with van der Waals surface area (Å²) in [6.07, 6.45) is 6.38. The van der Waals surface area contributed by atoms with Gasteiger partial charge in [0.2, 0.25) is 0 Å². The van der Waals surface area contributed by atoms with Crippen LogP contribution in [0.4, 0.5) is 21.3 Å². The number of hydrogen-bond acceptors (Lipinski definition) is 4. The number of anilines is 3. The Labute approximate surface area is 133 Å². The summed E-state index contributed by atoms with van der Waals surface area (Å²) in [4.78, 5) is 16.2. The lowest BCUT2D eigenvalue weighted by molar-refractivity contribution is 0.262. The fourth-order valence-corrected chi connectivity index (χ4v) is 3.57. The number of thiazole rings is 1. The van der Waals surface area contributed by atoms with Gasteiger partial charge in [-0.25, -0.2) is 9.78 Å². The first-order chi connectivity index (χ1) is 10.6. The predicted octanol–water partition coefficient (Wildman–Crippen LogP) is 4.34. The monoisotopic (exact) mass is 316 g/mol. The van der Waals surface area contributed by atoms with Crippen molar-refractivity contribution in [2.75, 3.05) is 16.4 Å². The highest BCUT2D eigenvalue weighted by Gasteiger charge is 2.23. The van der Waals surface area contributed by atoms with Crippen LogP contribution in [0.3, 0.4) is 0 Å². The Morgan fingerprint density at radius 1 is 1.32 bits per heavy atom. The topological polar surface area (TPSA) is 80.0 Å². The van der Waals surface area contributed by atoms with Crippen molar-refractivity contribution in [3.63, 3.8) is 0 Å². The first-order valence-corrected chi connectivity index (χ1v) is 8.39. The fraction of sp³-hybridized carbons (Fsp3) is 0.375. The standard InChI is InChI=1S/C16H20N4OS/c1-10-6-7-12(13(14(10)17)11-4-2-3-5-11)19-15(21)20-16-18-8-9-22-16/h6-9,11H,2-5,17H2,1H3,(H2,18,19,20,21). The summed E-state index contributed by atoms with van der Waals surface area (Å²) in [5, 5.41) is 8.08. The summed E-state index contributed by atoms with van der Waals surface area (Å²) in [7, 11) is 0. The Hall–Kier alpha value is -2.08. The molecule has 0 aliphatic heterocycles. The molecular weight excluding hydrogens is 296 g/mol. The minimum absolute atomic E-state index is 0.280. The molecule has 4 N–H and O–H groups in total. The van der Waals surface area contributed by atoms with Crippen molar-refractivity contribution < 1.29 is 4.79 Å². The Morgan fingerprint density at radius 2 is 2.09 bits per heavy atom. The highest BCUT2D eigenvalue weighted by atomic mass is 32.1. The van der Waals surface area contributed by atoms with Crippen LogP contribution < -0.4 is 16.4 Å². The first-order valence-electron chi connectivity index (χ1n) is 7.51. The Bertz CT molecular complexity index is 663. The van der Waals surface area contributed by atoms with Gasteiger partial charge in [-0.15, -0.1) is 11.3 Å². The van der Waals surface area contributed by atoms with Crippen molar-refractivity contribution in [2.24, 2.45) is 0 Å². The summed E-state index contributed by atoms with van der Waals surface area (Å²) in [6.45, 7) is 2.01. The normalized spacial score (nSPS) is 15.0. The molecule has 1 aromatic carbocycles. The van der Waals surface area contributed by atoms with E-state index in [0.29, 0.717) is 11.0 Å². The number of urea groups is 1. The van der Waals surface area contributed by atoms with E-state index in [1.54, 1.807) is 6.20 Å². The van der Waals surface area contributed by atoms with Gasteiger partial charge in [0, 0.05) is 28.5 Å². The third-order valence-electron chi connectivity index (χ3n) is 4.17. The molecule has 6 heteroatoms. The van der Waals surface area contributed by atoms with Crippen LogP contribution in [-0.4, -0.2) is 11.0 Å². The molecule has 1 aromatic heterocycles. The number of nitrogens with one attached hydrogen (secondary N) is 2. The third-order valence-corrected chi connectivity index (χ3v) is 4.86. The number of nitrogens with two attached hydrogens (primary N) is 1. The predicted molar refractivity (Wildman–Crippen MR) is 91.6 cm³/mol. The minimum Gasteiger partial charge on any atom is -0.398 e. The number of aryl methyl sites for hydroxylation is 1. The van der Waals surface area contributed by atoms with Gasteiger partial charge < -0.3 is 11.1 Å². The van der Waals surface area contributed by atoms with Gasteiger partial charge in [-0.2, -0.15) is 0 Å².